The van der Waals surface area contributed by atoms with Crippen molar-refractivity contribution in [3.8, 4) is 5.75 Å². The highest BCUT2D eigenvalue weighted by molar-refractivity contribution is 5.92. The minimum atomic E-state index is -0.0352. The maximum atomic E-state index is 11.6. The van der Waals surface area contributed by atoms with Gasteiger partial charge in [-0.15, -0.1) is 0 Å². The summed E-state index contributed by atoms with van der Waals surface area (Å²) in [6.07, 6.45) is 4.76. The monoisotopic (exact) mass is 278 g/mol. The Hall–Kier alpha value is -1.55. The van der Waals surface area contributed by atoms with Crippen molar-refractivity contribution in [2.75, 3.05) is 25.0 Å². The molecule has 2 N–H and O–H groups in total. The van der Waals surface area contributed by atoms with Gasteiger partial charge >= 0.3 is 0 Å². The van der Waals surface area contributed by atoms with E-state index in [-0.39, 0.29) is 5.91 Å². The first kappa shape index (κ1) is 16.5. The standard InChI is InChI=1S/C16H26N2O2/c1-3-5-6-7-11-20-15-10-8-9-14(12-15)18-16(19)13-17-4-2/h8-10,12,17H,3-7,11,13H2,1-2H3,(H,18,19). The minimum Gasteiger partial charge on any atom is -0.494 e. The predicted molar refractivity (Wildman–Crippen MR) is 83.3 cm³/mol. The van der Waals surface area contributed by atoms with Gasteiger partial charge in [-0.1, -0.05) is 39.2 Å². The molecule has 1 aromatic carbocycles. The summed E-state index contributed by atoms with van der Waals surface area (Å²) < 4.78 is 5.69. The SMILES string of the molecule is CCCCCCOc1cccc(NC(=O)CNCC)c1. The number of hydrogen-bond acceptors (Lipinski definition) is 3. The molecule has 1 rings (SSSR count). The minimum absolute atomic E-state index is 0.0352. The van der Waals surface area contributed by atoms with Gasteiger partial charge in [0.2, 0.25) is 5.91 Å². The fraction of sp³-hybridized carbons (Fsp3) is 0.562. The van der Waals surface area contributed by atoms with Gasteiger partial charge in [-0.25, -0.2) is 0 Å². The Morgan fingerprint density at radius 1 is 1.20 bits per heavy atom. The van der Waals surface area contributed by atoms with Gasteiger partial charge < -0.3 is 15.4 Å². The van der Waals surface area contributed by atoms with Gasteiger partial charge in [0.15, 0.2) is 0 Å². The van der Waals surface area contributed by atoms with Crippen molar-refractivity contribution < 1.29 is 9.53 Å². The summed E-state index contributed by atoms with van der Waals surface area (Å²) in [7, 11) is 0. The van der Waals surface area contributed by atoms with E-state index in [2.05, 4.69) is 17.6 Å². The molecule has 0 saturated heterocycles. The lowest BCUT2D eigenvalue weighted by molar-refractivity contribution is -0.115. The lowest BCUT2D eigenvalue weighted by Gasteiger charge is -2.09. The summed E-state index contributed by atoms with van der Waals surface area (Å²) in [4.78, 5) is 11.6. The van der Waals surface area contributed by atoms with Crippen molar-refractivity contribution in [2.45, 2.75) is 39.5 Å². The molecule has 1 amide bonds. The molecule has 0 unspecified atom stereocenters. The molecule has 0 spiro atoms. The van der Waals surface area contributed by atoms with E-state index in [4.69, 9.17) is 4.74 Å². The Morgan fingerprint density at radius 3 is 2.80 bits per heavy atom. The first-order valence-corrected chi connectivity index (χ1v) is 7.49. The van der Waals surface area contributed by atoms with Gasteiger partial charge in [-0.3, -0.25) is 4.79 Å². The average Bonchev–Trinajstić information content (AvgIpc) is 2.45. The molecule has 0 aliphatic heterocycles. The maximum absolute atomic E-state index is 11.6. The van der Waals surface area contributed by atoms with Crippen LogP contribution in [0.4, 0.5) is 5.69 Å². The number of rotatable bonds is 10. The van der Waals surface area contributed by atoms with Gasteiger partial charge in [0, 0.05) is 11.8 Å². The summed E-state index contributed by atoms with van der Waals surface area (Å²) in [5, 5.41) is 5.84. The number of ether oxygens (including phenoxy) is 1. The van der Waals surface area contributed by atoms with Crippen LogP contribution < -0.4 is 15.4 Å². The highest BCUT2D eigenvalue weighted by atomic mass is 16.5. The lowest BCUT2D eigenvalue weighted by Crippen LogP contribution is -2.27. The number of amides is 1. The third kappa shape index (κ3) is 7.14. The number of hydrogen-bond donors (Lipinski definition) is 2. The van der Waals surface area contributed by atoms with Crippen LogP contribution in [0.15, 0.2) is 24.3 Å². The molecule has 4 heteroatoms. The predicted octanol–water partition coefficient (Wildman–Crippen LogP) is 3.19. The van der Waals surface area contributed by atoms with Gasteiger partial charge in [0.25, 0.3) is 0 Å². The van der Waals surface area contributed by atoms with Crippen molar-refractivity contribution in [3.63, 3.8) is 0 Å². The number of nitrogens with one attached hydrogen (secondary N) is 2. The zero-order valence-corrected chi connectivity index (χ0v) is 12.6. The Labute approximate surface area is 121 Å². The van der Waals surface area contributed by atoms with Crippen molar-refractivity contribution in [1.82, 2.24) is 5.32 Å². The number of likely N-dealkylation sites (N-methyl/N-ethyl adjacent to an activating group) is 1. The third-order valence-corrected chi connectivity index (χ3v) is 2.92. The molecule has 112 valence electrons. The highest BCUT2D eigenvalue weighted by Crippen LogP contribution is 2.17. The van der Waals surface area contributed by atoms with Crippen LogP contribution in [0.3, 0.4) is 0 Å². The molecule has 0 heterocycles. The van der Waals surface area contributed by atoms with Crippen LogP contribution in [-0.4, -0.2) is 25.6 Å². The van der Waals surface area contributed by atoms with Crippen molar-refractivity contribution in [2.24, 2.45) is 0 Å². The number of anilines is 1. The van der Waals surface area contributed by atoms with Crippen molar-refractivity contribution in [1.29, 1.82) is 0 Å². The molecule has 0 fully saturated rings. The van der Waals surface area contributed by atoms with E-state index < -0.39 is 0 Å². The van der Waals surface area contributed by atoms with Crippen molar-refractivity contribution in [3.05, 3.63) is 24.3 Å². The molecule has 20 heavy (non-hydrogen) atoms. The van der Waals surface area contributed by atoms with Crippen LogP contribution in [0, 0.1) is 0 Å². The molecule has 0 aromatic heterocycles. The summed E-state index contributed by atoms with van der Waals surface area (Å²) in [6.45, 7) is 6.02. The number of carbonyl (C=O) groups excluding carboxylic acids is 1. The second kappa shape index (κ2) is 10.3. The van der Waals surface area contributed by atoms with E-state index in [0.29, 0.717) is 6.54 Å². The molecule has 0 aliphatic rings. The Bertz CT molecular complexity index is 394. The number of benzene rings is 1. The molecule has 0 radical (unpaired) electrons. The van der Waals surface area contributed by atoms with Crippen LogP contribution in [0.1, 0.15) is 39.5 Å². The first-order valence-electron chi connectivity index (χ1n) is 7.49. The molecule has 0 bridgehead atoms. The molecular weight excluding hydrogens is 252 g/mol. The molecular formula is C16H26N2O2. The Morgan fingerprint density at radius 2 is 2.05 bits per heavy atom. The number of carbonyl (C=O) groups is 1. The second-order valence-electron chi connectivity index (χ2n) is 4.77. The van der Waals surface area contributed by atoms with Gasteiger partial charge in [0.05, 0.1) is 13.2 Å². The van der Waals surface area contributed by atoms with E-state index in [0.717, 1.165) is 31.0 Å². The van der Waals surface area contributed by atoms with E-state index in [1.807, 2.05) is 31.2 Å². The first-order chi connectivity index (χ1) is 9.76. The van der Waals surface area contributed by atoms with E-state index in [9.17, 15) is 4.79 Å². The van der Waals surface area contributed by atoms with Crippen molar-refractivity contribution >= 4 is 11.6 Å². The second-order valence-corrected chi connectivity index (χ2v) is 4.77. The summed E-state index contributed by atoms with van der Waals surface area (Å²) >= 11 is 0. The molecule has 0 atom stereocenters. The normalized spacial score (nSPS) is 10.3. The van der Waals surface area contributed by atoms with E-state index >= 15 is 0 Å². The zero-order chi connectivity index (χ0) is 14.6. The highest BCUT2D eigenvalue weighted by Gasteiger charge is 2.02. The van der Waals surface area contributed by atoms with Gasteiger partial charge in [-0.05, 0) is 25.1 Å². The van der Waals surface area contributed by atoms with E-state index in [1.165, 1.54) is 19.3 Å². The molecule has 0 aliphatic carbocycles. The van der Waals surface area contributed by atoms with Crippen LogP contribution in [0.5, 0.6) is 5.75 Å². The topological polar surface area (TPSA) is 50.4 Å². The fourth-order valence-corrected chi connectivity index (χ4v) is 1.83. The largest absolute Gasteiger partial charge is 0.494 e. The van der Waals surface area contributed by atoms with E-state index in [1.54, 1.807) is 0 Å². The quantitative estimate of drug-likeness (QED) is 0.646. The summed E-state index contributed by atoms with van der Waals surface area (Å²) in [5.74, 6) is 0.773. The third-order valence-electron chi connectivity index (χ3n) is 2.92. The Balaban J connectivity index is 2.35. The van der Waals surface area contributed by atoms with Gasteiger partial charge in [-0.2, -0.15) is 0 Å². The zero-order valence-electron chi connectivity index (χ0n) is 12.6. The molecule has 4 nitrogen and oxygen atoms in total. The van der Waals surface area contributed by atoms with Gasteiger partial charge in [0.1, 0.15) is 5.75 Å². The summed E-state index contributed by atoms with van der Waals surface area (Å²) in [6, 6.07) is 7.54. The average molecular weight is 278 g/mol. The fourth-order valence-electron chi connectivity index (χ4n) is 1.83. The van der Waals surface area contributed by atoms with Crippen LogP contribution >= 0.6 is 0 Å². The lowest BCUT2D eigenvalue weighted by atomic mass is 10.2. The summed E-state index contributed by atoms with van der Waals surface area (Å²) in [5.41, 5.74) is 0.777. The number of unbranched alkanes of at least 4 members (excludes halogenated alkanes) is 3. The molecule has 1 aromatic rings. The van der Waals surface area contributed by atoms with Crippen LogP contribution in [0.25, 0.3) is 0 Å². The maximum Gasteiger partial charge on any atom is 0.238 e. The molecule has 0 saturated carbocycles. The van der Waals surface area contributed by atoms with Crippen LogP contribution in [0.2, 0.25) is 0 Å². The van der Waals surface area contributed by atoms with Crippen LogP contribution in [-0.2, 0) is 4.79 Å². The smallest absolute Gasteiger partial charge is 0.238 e. The Kier molecular flexibility index (Phi) is 8.47.